The first-order valence-electron chi connectivity index (χ1n) is 6.63. The number of hydrogen-bond donors (Lipinski definition) is 1. The number of imide groups is 1. The summed E-state index contributed by atoms with van der Waals surface area (Å²) >= 11 is 1.30. The van der Waals surface area contributed by atoms with Crippen LogP contribution in [-0.4, -0.2) is 43.2 Å². The second-order valence-electron chi connectivity index (χ2n) is 5.00. The van der Waals surface area contributed by atoms with Crippen LogP contribution in [-0.2, 0) is 9.59 Å². The second-order valence-corrected chi connectivity index (χ2v) is 6.19. The van der Waals surface area contributed by atoms with E-state index in [0.717, 1.165) is 25.7 Å². The average molecular weight is 280 g/mol. The Morgan fingerprint density at radius 2 is 2.05 bits per heavy atom. The Hall–Kier alpha value is -1.37. The summed E-state index contributed by atoms with van der Waals surface area (Å²) in [5, 5.41) is 6.71. The number of carbonyl (C=O) groups is 2. The van der Waals surface area contributed by atoms with Crippen molar-refractivity contribution >= 4 is 23.6 Å². The van der Waals surface area contributed by atoms with E-state index in [4.69, 9.17) is 0 Å². The van der Waals surface area contributed by atoms with E-state index in [1.165, 1.54) is 29.4 Å². The molecule has 2 fully saturated rings. The van der Waals surface area contributed by atoms with Crippen LogP contribution in [0.25, 0.3) is 0 Å². The number of rotatable bonds is 3. The number of hydrogen-bond acceptors (Lipinski definition) is 5. The van der Waals surface area contributed by atoms with E-state index < -0.39 is 0 Å². The average Bonchev–Trinajstić information content (AvgIpc) is 3.01. The topological polar surface area (TPSA) is 79.0 Å². The number of thioether (sulfide) groups is 1. The van der Waals surface area contributed by atoms with Crippen LogP contribution in [0.5, 0.6) is 0 Å². The molecule has 102 valence electrons. The van der Waals surface area contributed by atoms with Gasteiger partial charge in [-0.05, 0) is 12.8 Å². The molecule has 6 nitrogen and oxygen atoms in total. The number of aromatic amines is 1. The highest BCUT2D eigenvalue weighted by atomic mass is 32.2. The maximum absolute atomic E-state index is 12.4. The molecule has 1 N–H and O–H groups in total. The normalized spacial score (nSPS) is 25.3. The van der Waals surface area contributed by atoms with Crippen LogP contribution in [0, 0.1) is 0 Å². The number of nitrogens with one attached hydrogen (secondary N) is 1. The van der Waals surface area contributed by atoms with E-state index in [-0.39, 0.29) is 29.5 Å². The molecule has 0 bridgehead atoms. The molecule has 7 heteroatoms. The van der Waals surface area contributed by atoms with Gasteiger partial charge in [0.25, 0.3) is 0 Å². The summed E-state index contributed by atoms with van der Waals surface area (Å²) in [6, 6.07) is 0.120. The zero-order chi connectivity index (χ0) is 13.2. The summed E-state index contributed by atoms with van der Waals surface area (Å²) in [5.74, 6) is -0.0905. The minimum atomic E-state index is -0.345. The van der Waals surface area contributed by atoms with Gasteiger partial charge in [-0.2, -0.15) is 5.10 Å². The molecule has 1 aromatic heterocycles. The van der Waals surface area contributed by atoms with Gasteiger partial charge in [0, 0.05) is 12.5 Å². The Bertz CT molecular complexity index is 470. The number of likely N-dealkylation sites (tertiary alicyclic amines) is 1. The van der Waals surface area contributed by atoms with Gasteiger partial charge in [-0.1, -0.05) is 31.0 Å². The highest BCUT2D eigenvalue weighted by Crippen LogP contribution is 2.33. The van der Waals surface area contributed by atoms with Crippen LogP contribution in [0.1, 0.15) is 38.5 Å². The Kier molecular flexibility index (Phi) is 3.54. The molecule has 1 aliphatic carbocycles. The lowest BCUT2D eigenvalue weighted by Crippen LogP contribution is -2.41. The molecule has 0 spiro atoms. The van der Waals surface area contributed by atoms with Crippen molar-refractivity contribution in [2.24, 2.45) is 0 Å². The van der Waals surface area contributed by atoms with Crippen LogP contribution in [0.3, 0.4) is 0 Å². The van der Waals surface area contributed by atoms with Crippen LogP contribution in [0.15, 0.2) is 11.5 Å². The van der Waals surface area contributed by atoms with Crippen molar-refractivity contribution in [3.8, 4) is 0 Å². The van der Waals surface area contributed by atoms with Gasteiger partial charge in [-0.25, -0.2) is 4.98 Å². The van der Waals surface area contributed by atoms with Gasteiger partial charge in [-0.3, -0.25) is 19.6 Å². The van der Waals surface area contributed by atoms with E-state index in [1.54, 1.807) is 0 Å². The van der Waals surface area contributed by atoms with Crippen molar-refractivity contribution in [2.75, 3.05) is 0 Å². The number of carbonyl (C=O) groups excluding carboxylic acids is 2. The molecule has 1 saturated heterocycles. The Labute approximate surface area is 115 Å². The molecule has 1 aliphatic heterocycles. The minimum Gasteiger partial charge on any atom is -0.278 e. The van der Waals surface area contributed by atoms with Crippen LogP contribution in [0.4, 0.5) is 0 Å². The lowest BCUT2D eigenvalue weighted by atomic mass is 9.94. The quantitative estimate of drug-likeness (QED) is 0.846. The van der Waals surface area contributed by atoms with E-state index in [9.17, 15) is 9.59 Å². The molecule has 1 unspecified atom stereocenters. The summed E-state index contributed by atoms with van der Waals surface area (Å²) in [7, 11) is 0. The monoisotopic (exact) mass is 280 g/mol. The third-order valence-electron chi connectivity index (χ3n) is 3.73. The van der Waals surface area contributed by atoms with E-state index in [0.29, 0.717) is 5.16 Å². The van der Waals surface area contributed by atoms with E-state index in [1.807, 2.05) is 0 Å². The molecule has 0 radical (unpaired) electrons. The summed E-state index contributed by atoms with van der Waals surface area (Å²) < 4.78 is 0. The van der Waals surface area contributed by atoms with Gasteiger partial charge >= 0.3 is 0 Å². The van der Waals surface area contributed by atoms with Crippen molar-refractivity contribution in [3.63, 3.8) is 0 Å². The Morgan fingerprint density at radius 1 is 1.26 bits per heavy atom. The number of nitrogens with zero attached hydrogens (tertiary/aromatic N) is 3. The second kappa shape index (κ2) is 5.32. The van der Waals surface area contributed by atoms with Gasteiger partial charge < -0.3 is 0 Å². The fraction of sp³-hybridized carbons (Fsp3) is 0.667. The van der Waals surface area contributed by atoms with Gasteiger partial charge in [0.15, 0.2) is 5.16 Å². The molecule has 19 heavy (non-hydrogen) atoms. The predicted octanol–water partition coefficient (Wildman–Crippen LogP) is 1.36. The Balaban J connectivity index is 1.69. The molecular weight excluding hydrogens is 264 g/mol. The maximum atomic E-state index is 12.4. The highest BCUT2D eigenvalue weighted by molar-refractivity contribution is 8.00. The maximum Gasteiger partial charge on any atom is 0.243 e. The van der Waals surface area contributed by atoms with Crippen molar-refractivity contribution < 1.29 is 9.59 Å². The number of amides is 2. The van der Waals surface area contributed by atoms with Crippen molar-refractivity contribution in [2.45, 2.75) is 55.0 Å². The summed E-state index contributed by atoms with van der Waals surface area (Å²) in [5.41, 5.74) is 0. The molecule has 3 rings (SSSR count). The van der Waals surface area contributed by atoms with Crippen molar-refractivity contribution in [1.29, 1.82) is 0 Å². The van der Waals surface area contributed by atoms with Crippen molar-refractivity contribution in [1.82, 2.24) is 20.1 Å². The molecule has 2 aliphatic rings. The number of H-pyrrole nitrogens is 1. The standard InChI is InChI=1S/C12H16N4O2S/c17-10-6-9(19-12-13-7-14-15-12)11(18)16(10)8-4-2-1-3-5-8/h7-9H,1-6H2,(H,13,14,15). The first-order chi connectivity index (χ1) is 9.25. The summed E-state index contributed by atoms with van der Waals surface area (Å²) in [6.45, 7) is 0. The largest absolute Gasteiger partial charge is 0.278 e. The Morgan fingerprint density at radius 3 is 2.74 bits per heavy atom. The third kappa shape index (κ3) is 2.51. The molecule has 1 atom stereocenters. The molecule has 0 aromatic carbocycles. The molecule has 1 aromatic rings. The number of aromatic nitrogens is 3. The van der Waals surface area contributed by atoms with Gasteiger partial charge in [-0.15, -0.1) is 0 Å². The van der Waals surface area contributed by atoms with Crippen molar-refractivity contribution in [3.05, 3.63) is 6.33 Å². The third-order valence-corrected chi connectivity index (χ3v) is 4.80. The summed E-state index contributed by atoms with van der Waals surface area (Å²) in [6.07, 6.45) is 7.03. The summed E-state index contributed by atoms with van der Waals surface area (Å²) in [4.78, 5) is 29.9. The van der Waals surface area contributed by atoms with Gasteiger partial charge in [0.2, 0.25) is 11.8 Å². The van der Waals surface area contributed by atoms with Gasteiger partial charge in [0.05, 0.1) is 0 Å². The first-order valence-corrected chi connectivity index (χ1v) is 7.51. The first kappa shape index (κ1) is 12.7. The van der Waals surface area contributed by atoms with Crippen LogP contribution < -0.4 is 0 Å². The lowest BCUT2D eigenvalue weighted by Gasteiger charge is -2.29. The zero-order valence-corrected chi connectivity index (χ0v) is 11.4. The van der Waals surface area contributed by atoms with E-state index in [2.05, 4.69) is 15.2 Å². The van der Waals surface area contributed by atoms with Crippen LogP contribution in [0.2, 0.25) is 0 Å². The molecule has 2 amide bonds. The fourth-order valence-corrected chi connectivity index (χ4v) is 3.75. The lowest BCUT2D eigenvalue weighted by molar-refractivity contribution is -0.141. The van der Waals surface area contributed by atoms with Crippen LogP contribution >= 0.6 is 11.8 Å². The minimum absolute atomic E-state index is 0.0334. The fourth-order valence-electron chi connectivity index (χ4n) is 2.82. The van der Waals surface area contributed by atoms with E-state index >= 15 is 0 Å². The SMILES string of the molecule is O=C1CC(Sc2ncn[nH]2)C(=O)N1C1CCCCC1. The molecule has 1 saturated carbocycles. The molecule has 2 heterocycles. The smallest absolute Gasteiger partial charge is 0.243 e. The zero-order valence-electron chi connectivity index (χ0n) is 10.5. The molecular formula is C12H16N4O2S. The highest BCUT2D eigenvalue weighted by Gasteiger charge is 2.43. The van der Waals surface area contributed by atoms with Gasteiger partial charge in [0.1, 0.15) is 11.6 Å². The predicted molar refractivity (Wildman–Crippen MR) is 69.4 cm³/mol.